The largest absolute Gasteiger partial charge is 0.171 e. The zero-order chi connectivity index (χ0) is 6.24. The second-order valence-corrected chi connectivity index (χ2v) is 2.03. The molecule has 0 aromatic carbocycles. The third-order valence-electron chi connectivity index (χ3n) is 0.487. The molecule has 0 aliphatic heterocycles. The number of rotatable bonds is 5. The summed E-state index contributed by atoms with van der Waals surface area (Å²) < 4.78 is 4.01. The van der Waals surface area contributed by atoms with Crippen LogP contribution < -0.4 is 4.72 Å². The second kappa shape index (κ2) is 6.79. The van der Waals surface area contributed by atoms with E-state index in [2.05, 4.69) is 17.9 Å². The van der Waals surface area contributed by atoms with Gasteiger partial charge in [0.1, 0.15) is 0 Å². The Morgan fingerprint density at radius 2 is 2.12 bits per heavy atom. The number of hydrogen-bond donors (Lipinski definition) is 0. The summed E-state index contributed by atoms with van der Waals surface area (Å²) in [7, 11) is 0. The maximum absolute atomic E-state index is 4.01. The van der Waals surface area contributed by atoms with Gasteiger partial charge in [-0.3, -0.25) is 0 Å². The van der Waals surface area contributed by atoms with Gasteiger partial charge in [0.25, 0.3) is 0 Å². The minimum Gasteiger partial charge on any atom is -0.171 e. The predicted octanol–water partition coefficient (Wildman–Crippen LogP) is 1.61. The molecule has 0 saturated carbocycles. The first-order chi connectivity index (χ1) is 3.91. The van der Waals surface area contributed by atoms with Crippen molar-refractivity contribution in [3.63, 3.8) is 0 Å². The van der Waals surface area contributed by atoms with E-state index in [9.17, 15) is 0 Å². The maximum Gasteiger partial charge on any atom is 0.0434 e. The Kier molecular flexibility index (Phi) is 6.61. The quantitative estimate of drug-likeness (QED) is 0.312. The summed E-state index contributed by atoms with van der Waals surface area (Å²) in [4.78, 5) is 0. The van der Waals surface area contributed by atoms with Crippen molar-refractivity contribution < 1.29 is 0 Å². The Labute approximate surface area is 55.0 Å². The van der Waals surface area contributed by atoms with Crippen molar-refractivity contribution >= 4 is 11.9 Å². The van der Waals surface area contributed by atoms with Gasteiger partial charge in [-0.1, -0.05) is 24.1 Å². The molecule has 0 fully saturated rings. The van der Waals surface area contributed by atoms with E-state index in [0.717, 1.165) is 12.3 Å². The van der Waals surface area contributed by atoms with Crippen LogP contribution in [0, 0.1) is 0 Å². The van der Waals surface area contributed by atoms with Crippen molar-refractivity contribution in [2.45, 2.75) is 0 Å². The van der Waals surface area contributed by atoms with E-state index in [1.54, 1.807) is 6.08 Å². The van der Waals surface area contributed by atoms with Crippen molar-refractivity contribution in [2.24, 2.45) is 0 Å². The molecule has 1 nitrogen and oxygen atoms in total. The molecule has 45 valence electrons. The van der Waals surface area contributed by atoms with Gasteiger partial charge in [-0.05, 0) is 0 Å². The molecule has 0 saturated heterocycles. The lowest BCUT2D eigenvalue weighted by Gasteiger charge is -1.90. The standard InChI is InChI=1S/C6H10NS/c1-3-5-7-8-6-4-2/h3-4H,1-2,5-6H2. The lowest BCUT2D eigenvalue weighted by atomic mass is 10.7. The van der Waals surface area contributed by atoms with Crippen LogP contribution in [0.1, 0.15) is 0 Å². The van der Waals surface area contributed by atoms with Crippen LogP contribution in [-0.2, 0) is 0 Å². The average molecular weight is 128 g/mol. The molecule has 0 aliphatic carbocycles. The van der Waals surface area contributed by atoms with Crippen molar-refractivity contribution in [1.82, 2.24) is 4.72 Å². The van der Waals surface area contributed by atoms with Gasteiger partial charge in [-0.15, -0.1) is 13.2 Å². The smallest absolute Gasteiger partial charge is 0.0434 e. The molecule has 0 aromatic rings. The van der Waals surface area contributed by atoms with Gasteiger partial charge >= 0.3 is 0 Å². The van der Waals surface area contributed by atoms with Crippen molar-refractivity contribution in [1.29, 1.82) is 0 Å². The van der Waals surface area contributed by atoms with Crippen LogP contribution >= 0.6 is 11.9 Å². The third-order valence-corrected chi connectivity index (χ3v) is 1.20. The highest BCUT2D eigenvalue weighted by Gasteiger charge is 1.78. The number of nitrogens with zero attached hydrogens (tertiary/aromatic N) is 1. The minimum atomic E-state index is 0.735. The lowest BCUT2D eigenvalue weighted by molar-refractivity contribution is 1.11. The van der Waals surface area contributed by atoms with Crippen molar-refractivity contribution in [3.05, 3.63) is 25.3 Å². The molecule has 0 aliphatic rings. The highest BCUT2D eigenvalue weighted by atomic mass is 32.2. The molecule has 0 spiro atoms. The Balaban J connectivity index is 2.71. The fraction of sp³-hybridized carbons (Fsp3) is 0.333. The van der Waals surface area contributed by atoms with Gasteiger partial charge in [-0.25, -0.2) is 0 Å². The summed E-state index contributed by atoms with van der Waals surface area (Å²) in [6, 6.07) is 0. The molecular formula is C6H10NS. The zero-order valence-corrected chi connectivity index (χ0v) is 5.66. The first-order valence-electron chi connectivity index (χ1n) is 2.42. The molecule has 2 heteroatoms. The molecule has 1 radical (unpaired) electrons. The fourth-order valence-corrected chi connectivity index (χ4v) is 0.632. The van der Waals surface area contributed by atoms with E-state index < -0.39 is 0 Å². The normalized spacial score (nSPS) is 8.50. The summed E-state index contributed by atoms with van der Waals surface area (Å²) in [6.45, 7) is 7.81. The zero-order valence-electron chi connectivity index (χ0n) is 4.84. The summed E-state index contributed by atoms with van der Waals surface area (Å²) in [5.74, 6) is 0.897. The van der Waals surface area contributed by atoms with E-state index in [1.807, 2.05) is 6.08 Å². The Bertz CT molecular complexity index is 60.9. The molecule has 0 N–H and O–H groups in total. The summed E-state index contributed by atoms with van der Waals surface area (Å²) in [5, 5.41) is 0. The van der Waals surface area contributed by atoms with Gasteiger partial charge in [0.2, 0.25) is 0 Å². The van der Waals surface area contributed by atoms with Crippen molar-refractivity contribution in [2.75, 3.05) is 12.3 Å². The van der Waals surface area contributed by atoms with E-state index in [-0.39, 0.29) is 0 Å². The van der Waals surface area contributed by atoms with E-state index >= 15 is 0 Å². The molecular weight excluding hydrogens is 118 g/mol. The summed E-state index contributed by atoms with van der Waals surface area (Å²) >= 11 is 1.51. The summed E-state index contributed by atoms with van der Waals surface area (Å²) in [5.41, 5.74) is 0. The van der Waals surface area contributed by atoms with E-state index in [0.29, 0.717) is 0 Å². The number of hydrogen-bond acceptors (Lipinski definition) is 1. The second-order valence-electron chi connectivity index (χ2n) is 1.18. The molecule has 0 heterocycles. The highest BCUT2D eigenvalue weighted by Crippen LogP contribution is 1.92. The topological polar surface area (TPSA) is 14.1 Å². The van der Waals surface area contributed by atoms with Gasteiger partial charge in [-0.2, -0.15) is 4.72 Å². The van der Waals surface area contributed by atoms with Gasteiger partial charge < -0.3 is 0 Å². The van der Waals surface area contributed by atoms with Gasteiger partial charge in [0.05, 0.1) is 0 Å². The van der Waals surface area contributed by atoms with E-state index in [4.69, 9.17) is 0 Å². The third kappa shape index (κ3) is 5.79. The van der Waals surface area contributed by atoms with Gasteiger partial charge in [0.15, 0.2) is 0 Å². The molecule has 0 aromatic heterocycles. The van der Waals surface area contributed by atoms with Gasteiger partial charge in [0, 0.05) is 12.3 Å². The monoisotopic (exact) mass is 128 g/mol. The van der Waals surface area contributed by atoms with Crippen LogP contribution in [0.25, 0.3) is 0 Å². The SMILES string of the molecule is C=CC[N]SCC=C. The summed E-state index contributed by atoms with van der Waals surface area (Å²) in [6.07, 6.45) is 3.60. The Morgan fingerprint density at radius 1 is 1.38 bits per heavy atom. The van der Waals surface area contributed by atoms with E-state index in [1.165, 1.54) is 11.9 Å². The first-order valence-corrected chi connectivity index (χ1v) is 3.36. The Hall–Kier alpha value is -0.210. The molecule has 0 bridgehead atoms. The minimum absolute atomic E-state index is 0.735. The first kappa shape index (κ1) is 7.79. The van der Waals surface area contributed by atoms with Crippen molar-refractivity contribution in [3.8, 4) is 0 Å². The molecule has 0 atom stereocenters. The molecule has 0 amide bonds. The fourth-order valence-electron chi connectivity index (χ4n) is 0.211. The van der Waals surface area contributed by atoms with Crippen LogP contribution in [0.4, 0.5) is 0 Å². The molecule has 0 unspecified atom stereocenters. The lowest BCUT2D eigenvalue weighted by Crippen LogP contribution is -1.92. The van der Waals surface area contributed by atoms with Crippen LogP contribution in [0.3, 0.4) is 0 Å². The highest BCUT2D eigenvalue weighted by molar-refractivity contribution is 7.97. The predicted molar refractivity (Wildman–Crippen MR) is 39.9 cm³/mol. The molecule has 8 heavy (non-hydrogen) atoms. The van der Waals surface area contributed by atoms with Crippen LogP contribution in [0.5, 0.6) is 0 Å². The maximum atomic E-state index is 4.01. The van der Waals surface area contributed by atoms with Crippen LogP contribution in [0.2, 0.25) is 0 Å². The van der Waals surface area contributed by atoms with Crippen LogP contribution in [0.15, 0.2) is 25.3 Å². The molecule has 0 rings (SSSR count). The average Bonchev–Trinajstić information content (AvgIpc) is 1.81. The Morgan fingerprint density at radius 3 is 2.62 bits per heavy atom. The van der Waals surface area contributed by atoms with Crippen LogP contribution in [-0.4, -0.2) is 12.3 Å².